The van der Waals surface area contributed by atoms with Crippen molar-refractivity contribution in [3.63, 3.8) is 0 Å². The number of rotatable bonds is 3. The maximum Gasteiger partial charge on any atom is 0.330 e. The molecule has 3 rings (SSSR count). The van der Waals surface area contributed by atoms with Crippen molar-refractivity contribution in [3.05, 3.63) is 56.7 Å². The molecule has 0 amide bonds. The summed E-state index contributed by atoms with van der Waals surface area (Å²) < 4.78 is 6.04. The summed E-state index contributed by atoms with van der Waals surface area (Å²) in [6.45, 7) is 0.201. The summed E-state index contributed by atoms with van der Waals surface area (Å²) in [5.74, 6) is 0. The molecule has 2 N–H and O–H groups in total. The van der Waals surface area contributed by atoms with Gasteiger partial charge in [-0.15, -0.1) is 0 Å². The van der Waals surface area contributed by atoms with Gasteiger partial charge >= 0.3 is 5.69 Å². The Kier molecular flexibility index (Phi) is 2.86. The predicted molar refractivity (Wildman–Crippen MR) is 73.1 cm³/mol. The first-order valence-electron chi connectivity index (χ1n) is 6.00. The van der Waals surface area contributed by atoms with Crippen LogP contribution in [0.4, 0.5) is 0 Å². The van der Waals surface area contributed by atoms with Crippen molar-refractivity contribution >= 4 is 11.2 Å². The van der Waals surface area contributed by atoms with Gasteiger partial charge in [0, 0.05) is 0 Å². The molecule has 0 fully saturated rings. The maximum atomic E-state index is 12.3. The van der Waals surface area contributed by atoms with Gasteiger partial charge in [-0.3, -0.25) is 14.3 Å². The summed E-state index contributed by atoms with van der Waals surface area (Å²) in [5.41, 5.74) is 0.355. The minimum atomic E-state index is -0.500. The SMILES string of the molecule is COc1nc2[nH]c(=O)n(Cc3ccccc3)c(=O)c2[nH]1. The minimum Gasteiger partial charge on any atom is -0.468 e. The molecule has 0 aliphatic carbocycles. The standard InChI is InChI=1S/C13H12N4O3/c1-20-12-14-9-10(15-12)16-13(19)17(11(9)18)7-8-5-3-2-4-6-8/h2-6H,7H2,1H3,(H,14,15)(H,16,19). The Hall–Kier alpha value is -2.83. The molecule has 102 valence electrons. The lowest BCUT2D eigenvalue weighted by Gasteiger charge is -2.03. The van der Waals surface area contributed by atoms with Gasteiger partial charge in [-0.2, -0.15) is 4.98 Å². The molecule has 0 saturated heterocycles. The van der Waals surface area contributed by atoms with E-state index >= 15 is 0 Å². The van der Waals surface area contributed by atoms with E-state index in [1.165, 1.54) is 7.11 Å². The highest BCUT2D eigenvalue weighted by Gasteiger charge is 2.12. The van der Waals surface area contributed by atoms with Gasteiger partial charge in [0.15, 0.2) is 11.2 Å². The number of aromatic amines is 2. The molecule has 0 aliphatic rings. The largest absolute Gasteiger partial charge is 0.468 e. The molecule has 0 atom stereocenters. The Morgan fingerprint density at radius 1 is 1.20 bits per heavy atom. The number of imidazole rings is 1. The third-order valence-corrected chi connectivity index (χ3v) is 2.99. The average molecular weight is 272 g/mol. The number of hydrogen-bond donors (Lipinski definition) is 2. The number of fused-ring (bicyclic) bond motifs is 1. The average Bonchev–Trinajstić information content (AvgIpc) is 2.88. The molecule has 7 heteroatoms. The van der Waals surface area contributed by atoms with E-state index in [9.17, 15) is 9.59 Å². The van der Waals surface area contributed by atoms with E-state index < -0.39 is 11.2 Å². The Labute approximate surface area is 112 Å². The van der Waals surface area contributed by atoms with Crippen molar-refractivity contribution in [2.75, 3.05) is 7.11 Å². The monoisotopic (exact) mass is 272 g/mol. The van der Waals surface area contributed by atoms with Gasteiger partial charge in [-0.25, -0.2) is 4.79 Å². The van der Waals surface area contributed by atoms with Crippen LogP contribution in [-0.4, -0.2) is 26.6 Å². The number of H-pyrrole nitrogens is 2. The summed E-state index contributed by atoms with van der Waals surface area (Å²) in [6.07, 6.45) is 0. The van der Waals surface area contributed by atoms with Crippen LogP contribution in [0.3, 0.4) is 0 Å². The smallest absolute Gasteiger partial charge is 0.330 e. The molecule has 2 heterocycles. The molecule has 0 bridgehead atoms. The fourth-order valence-corrected chi connectivity index (χ4v) is 2.00. The van der Waals surface area contributed by atoms with Crippen LogP contribution in [0.5, 0.6) is 6.01 Å². The van der Waals surface area contributed by atoms with Crippen molar-refractivity contribution in [2.24, 2.45) is 0 Å². The van der Waals surface area contributed by atoms with E-state index in [2.05, 4.69) is 15.0 Å². The third kappa shape index (κ3) is 1.99. The predicted octanol–water partition coefficient (Wildman–Crippen LogP) is 0.470. The molecule has 0 unspecified atom stereocenters. The normalized spacial score (nSPS) is 10.8. The Morgan fingerprint density at radius 3 is 2.65 bits per heavy atom. The number of methoxy groups -OCH3 is 1. The molecule has 0 aliphatic heterocycles. The lowest BCUT2D eigenvalue weighted by Crippen LogP contribution is -2.35. The number of aromatic nitrogens is 4. The first-order valence-corrected chi connectivity index (χ1v) is 6.00. The second-order valence-corrected chi connectivity index (χ2v) is 4.28. The van der Waals surface area contributed by atoms with E-state index in [-0.39, 0.29) is 23.7 Å². The Morgan fingerprint density at radius 2 is 1.95 bits per heavy atom. The van der Waals surface area contributed by atoms with Crippen LogP contribution in [0.15, 0.2) is 39.9 Å². The number of ether oxygens (including phenoxy) is 1. The minimum absolute atomic E-state index is 0.185. The number of nitrogens with zero attached hydrogens (tertiary/aromatic N) is 2. The van der Waals surface area contributed by atoms with Crippen LogP contribution in [0.1, 0.15) is 5.56 Å². The molecular formula is C13H12N4O3. The van der Waals surface area contributed by atoms with Gasteiger partial charge in [-0.1, -0.05) is 30.3 Å². The lowest BCUT2D eigenvalue weighted by molar-refractivity contribution is 0.385. The number of hydrogen-bond acceptors (Lipinski definition) is 4. The zero-order valence-corrected chi connectivity index (χ0v) is 10.7. The zero-order valence-electron chi connectivity index (χ0n) is 10.7. The molecule has 3 aromatic rings. The second-order valence-electron chi connectivity index (χ2n) is 4.28. The highest BCUT2D eigenvalue weighted by atomic mass is 16.5. The van der Waals surface area contributed by atoms with E-state index in [4.69, 9.17) is 4.74 Å². The molecule has 0 spiro atoms. The fraction of sp³-hybridized carbons (Fsp3) is 0.154. The number of nitrogens with one attached hydrogen (secondary N) is 2. The van der Waals surface area contributed by atoms with Crippen molar-refractivity contribution in [1.29, 1.82) is 0 Å². The zero-order chi connectivity index (χ0) is 14.1. The summed E-state index contributed by atoms with van der Waals surface area (Å²) >= 11 is 0. The molecule has 2 aromatic heterocycles. The molecule has 1 aromatic carbocycles. The molecule has 7 nitrogen and oxygen atoms in total. The third-order valence-electron chi connectivity index (χ3n) is 2.99. The summed E-state index contributed by atoms with van der Waals surface area (Å²) in [4.78, 5) is 33.5. The number of benzene rings is 1. The van der Waals surface area contributed by atoms with Crippen LogP contribution in [0.2, 0.25) is 0 Å². The van der Waals surface area contributed by atoms with Gasteiger partial charge in [0.1, 0.15) is 0 Å². The molecule has 0 saturated carbocycles. The molecule has 20 heavy (non-hydrogen) atoms. The van der Waals surface area contributed by atoms with Gasteiger partial charge in [0.05, 0.1) is 13.7 Å². The first kappa shape index (κ1) is 12.2. The quantitative estimate of drug-likeness (QED) is 0.724. The van der Waals surface area contributed by atoms with Crippen LogP contribution in [0, 0.1) is 0 Å². The van der Waals surface area contributed by atoms with Gasteiger partial charge < -0.3 is 9.72 Å². The highest BCUT2D eigenvalue weighted by molar-refractivity contribution is 5.69. The Bertz CT molecular complexity index is 861. The van der Waals surface area contributed by atoms with Crippen LogP contribution < -0.4 is 16.0 Å². The summed E-state index contributed by atoms with van der Waals surface area (Å²) in [6, 6.07) is 9.47. The van der Waals surface area contributed by atoms with Gasteiger partial charge in [0.25, 0.3) is 11.6 Å². The Balaban J connectivity index is 2.16. The molecular weight excluding hydrogens is 260 g/mol. The fourth-order valence-electron chi connectivity index (χ4n) is 2.00. The second kappa shape index (κ2) is 4.69. The van der Waals surface area contributed by atoms with E-state index in [0.717, 1.165) is 10.1 Å². The van der Waals surface area contributed by atoms with E-state index in [0.29, 0.717) is 0 Å². The van der Waals surface area contributed by atoms with Crippen molar-refractivity contribution in [1.82, 2.24) is 19.5 Å². The van der Waals surface area contributed by atoms with Gasteiger partial charge in [0.2, 0.25) is 0 Å². The van der Waals surface area contributed by atoms with Crippen LogP contribution in [0.25, 0.3) is 11.2 Å². The molecule has 0 radical (unpaired) electrons. The van der Waals surface area contributed by atoms with Crippen molar-refractivity contribution in [2.45, 2.75) is 6.54 Å². The topological polar surface area (TPSA) is 92.8 Å². The van der Waals surface area contributed by atoms with Gasteiger partial charge in [-0.05, 0) is 5.56 Å². The lowest BCUT2D eigenvalue weighted by atomic mass is 10.2. The maximum absolute atomic E-state index is 12.3. The first-order chi connectivity index (χ1) is 9.69. The summed E-state index contributed by atoms with van der Waals surface area (Å²) in [7, 11) is 1.43. The van der Waals surface area contributed by atoms with Crippen LogP contribution >= 0.6 is 0 Å². The van der Waals surface area contributed by atoms with E-state index in [1.54, 1.807) is 0 Å². The van der Waals surface area contributed by atoms with Crippen molar-refractivity contribution < 1.29 is 4.74 Å². The highest BCUT2D eigenvalue weighted by Crippen LogP contribution is 2.08. The van der Waals surface area contributed by atoms with Crippen LogP contribution in [-0.2, 0) is 6.54 Å². The summed E-state index contributed by atoms with van der Waals surface area (Å²) in [5, 5.41) is 0. The van der Waals surface area contributed by atoms with E-state index in [1.807, 2.05) is 30.3 Å². The van der Waals surface area contributed by atoms with Crippen molar-refractivity contribution in [3.8, 4) is 6.01 Å².